The number of hydrogen-bond acceptors (Lipinski definition) is 4. The lowest BCUT2D eigenvalue weighted by molar-refractivity contribution is -0.134. The summed E-state index contributed by atoms with van der Waals surface area (Å²) in [5.74, 6) is -2.56. The highest BCUT2D eigenvalue weighted by Crippen LogP contribution is 2.12. The maximum atomic E-state index is 13.4. The van der Waals surface area contributed by atoms with Gasteiger partial charge in [-0.3, -0.25) is 24.5 Å². The fourth-order valence-corrected chi connectivity index (χ4v) is 1.92. The fourth-order valence-electron chi connectivity index (χ4n) is 1.92. The first-order valence-corrected chi connectivity index (χ1v) is 5.91. The van der Waals surface area contributed by atoms with Crippen molar-refractivity contribution in [3.05, 3.63) is 35.1 Å². The molecule has 0 radical (unpaired) electrons. The van der Waals surface area contributed by atoms with Crippen LogP contribution in [0.3, 0.4) is 0 Å². The second kappa shape index (κ2) is 5.60. The first-order valence-electron chi connectivity index (χ1n) is 5.91. The van der Waals surface area contributed by atoms with Crippen molar-refractivity contribution in [1.82, 2.24) is 10.6 Å². The van der Waals surface area contributed by atoms with E-state index in [1.165, 1.54) is 12.1 Å². The van der Waals surface area contributed by atoms with E-state index >= 15 is 0 Å². The molecule has 1 aromatic rings. The molecule has 2 rings (SSSR count). The van der Waals surface area contributed by atoms with Crippen LogP contribution in [0.5, 0.6) is 0 Å². The van der Waals surface area contributed by atoms with Crippen LogP contribution in [-0.2, 0) is 9.59 Å². The van der Waals surface area contributed by atoms with Crippen LogP contribution in [0.25, 0.3) is 0 Å². The summed E-state index contributed by atoms with van der Waals surface area (Å²) in [5.41, 5.74) is -0.512. The third-order valence-corrected chi connectivity index (χ3v) is 2.96. The largest absolute Gasteiger partial charge is 0.340 e. The van der Waals surface area contributed by atoms with Gasteiger partial charge in [-0.15, -0.1) is 0 Å². The molecule has 0 bridgehead atoms. The quantitative estimate of drug-likeness (QED) is 0.609. The maximum absolute atomic E-state index is 13.4. The molecular formula is C13H11FN2O4. The topological polar surface area (TPSA) is 92.3 Å². The second-order valence-electron chi connectivity index (χ2n) is 4.30. The summed E-state index contributed by atoms with van der Waals surface area (Å²) in [6, 6.07) is 2.77. The summed E-state index contributed by atoms with van der Waals surface area (Å²) in [4.78, 5) is 45.3. The Morgan fingerprint density at radius 2 is 2.15 bits per heavy atom. The monoisotopic (exact) mass is 278 g/mol. The predicted octanol–water partition coefficient (Wildman–Crippen LogP) is 0.173. The molecule has 1 fully saturated rings. The summed E-state index contributed by atoms with van der Waals surface area (Å²) in [6.45, 7) is 0. The van der Waals surface area contributed by atoms with E-state index in [0.717, 1.165) is 6.07 Å². The van der Waals surface area contributed by atoms with Crippen LogP contribution >= 0.6 is 0 Å². The molecule has 0 spiro atoms. The molecule has 1 aromatic carbocycles. The van der Waals surface area contributed by atoms with Crippen LogP contribution in [0, 0.1) is 5.82 Å². The number of nitrogens with one attached hydrogen (secondary N) is 2. The Bertz CT molecular complexity index is 600. The summed E-state index contributed by atoms with van der Waals surface area (Å²) in [7, 11) is 0. The van der Waals surface area contributed by atoms with Crippen LogP contribution in [0.1, 0.15) is 33.6 Å². The van der Waals surface area contributed by atoms with Crippen LogP contribution in [-0.4, -0.2) is 30.0 Å². The Labute approximate surface area is 113 Å². The standard InChI is InChI=1S/C13H11FN2O4/c14-9-3-1-2-7(8(9)6-17)12(19)15-10-4-5-11(18)16-13(10)20/h1-3,6,10H,4-5H2,(H,15,19)(H,16,18,20). The molecule has 0 saturated carbocycles. The van der Waals surface area contributed by atoms with Crippen LogP contribution < -0.4 is 10.6 Å². The second-order valence-corrected chi connectivity index (χ2v) is 4.30. The Kier molecular flexibility index (Phi) is 3.88. The van der Waals surface area contributed by atoms with E-state index in [1.807, 2.05) is 0 Å². The molecule has 0 aromatic heterocycles. The molecule has 0 aliphatic carbocycles. The molecule has 6 nitrogen and oxygen atoms in total. The highest BCUT2D eigenvalue weighted by atomic mass is 19.1. The summed E-state index contributed by atoms with van der Waals surface area (Å²) >= 11 is 0. The minimum absolute atomic E-state index is 0.111. The zero-order chi connectivity index (χ0) is 14.7. The van der Waals surface area contributed by atoms with Gasteiger partial charge in [0.2, 0.25) is 11.8 Å². The molecule has 2 N–H and O–H groups in total. The van der Waals surface area contributed by atoms with Gasteiger partial charge in [-0.2, -0.15) is 0 Å². The summed E-state index contributed by atoms with van der Waals surface area (Å²) in [5, 5.41) is 4.47. The average Bonchev–Trinajstić information content (AvgIpc) is 2.41. The number of carbonyl (C=O) groups excluding carboxylic acids is 4. The van der Waals surface area contributed by atoms with Crippen LogP contribution in [0.15, 0.2) is 18.2 Å². The van der Waals surface area contributed by atoms with E-state index in [9.17, 15) is 23.6 Å². The van der Waals surface area contributed by atoms with Gasteiger partial charge in [-0.25, -0.2) is 4.39 Å². The van der Waals surface area contributed by atoms with Crippen molar-refractivity contribution >= 4 is 24.0 Å². The molecule has 104 valence electrons. The number of rotatable bonds is 3. The zero-order valence-electron chi connectivity index (χ0n) is 10.3. The first kappa shape index (κ1) is 13.9. The molecule has 1 saturated heterocycles. The van der Waals surface area contributed by atoms with Gasteiger partial charge in [0.1, 0.15) is 11.9 Å². The van der Waals surface area contributed by atoms with E-state index in [0.29, 0.717) is 0 Å². The van der Waals surface area contributed by atoms with Crippen molar-refractivity contribution in [2.24, 2.45) is 0 Å². The van der Waals surface area contributed by atoms with Gasteiger partial charge in [-0.1, -0.05) is 6.07 Å². The minimum Gasteiger partial charge on any atom is -0.340 e. The van der Waals surface area contributed by atoms with E-state index < -0.39 is 29.6 Å². The summed E-state index contributed by atoms with van der Waals surface area (Å²) < 4.78 is 13.4. The number of hydrogen-bond donors (Lipinski definition) is 2. The zero-order valence-corrected chi connectivity index (χ0v) is 10.3. The van der Waals surface area contributed by atoms with Gasteiger partial charge in [0, 0.05) is 6.42 Å². The average molecular weight is 278 g/mol. The molecule has 3 amide bonds. The van der Waals surface area contributed by atoms with Gasteiger partial charge in [0.15, 0.2) is 6.29 Å². The van der Waals surface area contributed by atoms with E-state index in [2.05, 4.69) is 10.6 Å². The summed E-state index contributed by atoms with van der Waals surface area (Å²) in [6.07, 6.45) is 0.525. The van der Waals surface area contributed by atoms with E-state index in [1.54, 1.807) is 0 Å². The number of amides is 3. The van der Waals surface area contributed by atoms with Crippen molar-refractivity contribution in [2.75, 3.05) is 0 Å². The Morgan fingerprint density at radius 1 is 1.40 bits per heavy atom. The third kappa shape index (κ3) is 2.71. The highest BCUT2D eigenvalue weighted by molar-refractivity contribution is 6.06. The Morgan fingerprint density at radius 3 is 2.80 bits per heavy atom. The highest BCUT2D eigenvalue weighted by Gasteiger charge is 2.28. The molecule has 7 heteroatoms. The van der Waals surface area contributed by atoms with Gasteiger partial charge >= 0.3 is 0 Å². The van der Waals surface area contributed by atoms with Gasteiger partial charge in [-0.05, 0) is 18.6 Å². The van der Waals surface area contributed by atoms with E-state index in [4.69, 9.17) is 0 Å². The SMILES string of the molecule is O=Cc1c(F)cccc1C(=O)NC1CCC(=O)NC1=O. The maximum Gasteiger partial charge on any atom is 0.252 e. The lowest BCUT2D eigenvalue weighted by Gasteiger charge is -2.22. The van der Waals surface area contributed by atoms with Gasteiger partial charge in [0.05, 0.1) is 11.1 Å². The van der Waals surface area contributed by atoms with Crippen molar-refractivity contribution in [3.8, 4) is 0 Å². The molecule has 20 heavy (non-hydrogen) atoms. The third-order valence-electron chi connectivity index (χ3n) is 2.96. The van der Waals surface area contributed by atoms with Crippen LogP contribution in [0.2, 0.25) is 0 Å². The molecule has 1 atom stereocenters. The van der Waals surface area contributed by atoms with Gasteiger partial charge in [0.25, 0.3) is 5.91 Å². The molecule has 1 unspecified atom stereocenters. The number of aldehydes is 1. The number of imide groups is 1. The van der Waals surface area contributed by atoms with Gasteiger partial charge < -0.3 is 5.32 Å². The Hall–Kier alpha value is -2.57. The molecule has 1 aliphatic heterocycles. The van der Waals surface area contributed by atoms with Crippen molar-refractivity contribution < 1.29 is 23.6 Å². The molecule has 1 heterocycles. The normalized spacial score (nSPS) is 18.4. The minimum atomic E-state index is -0.872. The van der Waals surface area contributed by atoms with Crippen molar-refractivity contribution in [3.63, 3.8) is 0 Å². The number of benzene rings is 1. The lowest BCUT2D eigenvalue weighted by Crippen LogP contribution is -2.52. The number of carbonyl (C=O) groups is 4. The lowest BCUT2D eigenvalue weighted by atomic mass is 10.0. The number of halogens is 1. The molecular weight excluding hydrogens is 267 g/mol. The van der Waals surface area contributed by atoms with Crippen LogP contribution in [0.4, 0.5) is 4.39 Å². The fraction of sp³-hybridized carbons (Fsp3) is 0.231. The first-order chi connectivity index (χ1) is 9.52. The Balaban J connectivity index is 2.17. The predicted molar refractivity (Wildman–Crippen MR) is 65.4 cm³/mol. The number of piperidine rings is 1. The molecule has 1 aliphatic rings. The van der Waals surface area contributed by atoms with Crippen molar-refractivity contribution in [1.29, 1.82) is 0 Å². The smallest absolute Gasteiger partial charge is 0.252 e. The van der Waals surface area contributed by atoms with E-state index in [-0.39, 0.29) is 30.3 Å². The van der Waals surface area contributed by atoms with Crippen molar-refractivity contribution in [2.45, 2.75) is 18.9 Å².